The van der Waals surface area contributed by atoms with Crippen LogP contribution >= 0.6 is 12.1 Å². The molecule has 0 aliphatic heterocycles. The maximum absolute atomic E-state index is 6.82. The van der Waals surface area contributed by atoms with Crippen molar-refractivity contribution in [3.05, 3.63) is 212 Å². The zero-order chi connectivity index (χ0) is 39.6. The zero-order valence-electron chi connectivity index (χ0n) is 31.8. The second-order valence-electron chi connectivity index (χ2n) is 14.8. The van der Waals surface area contributed by atoms with Crippen LogP contribution in [0.25, 0.3) is 60.4 Å². The third-order valence-electron chi connectivity index (χ3n) is 11.6. The maximum Gasteiger partial charge on any atom is 0.146 e. The van der Waals surface area contributed by atoms with Gasteiger partial charge in [-0.15, -0.1) is 0 Å². The summed E-state index contributed by atoms with van der Waals surface area (Å²) in [6.45, 7) is 0. The normalized spacial score (nSPS) is 12.2. The summed E-state index contributed by atoms with van der Waals surface area (Å²) >= 11 is 13.4. The van der Waals surface area contributed by atoms with Gasteiger partial charge in [0.15, 0.2) is 0 Å². The molecule has 0 atom stereocenters. The summed E-state index contributed by atoms with van der Waals surface area (Å²) < 4.78 is 2.38. The zero-order valence-corrected chi connectivity index (χ0v) is 35.2. The van der Waals surface area contributed by atoms with Crippen molar-refractivity contribution in [3.8, 4) is 11.3 Å². The van der Waals surface area contributed by atoms with Crippen molar-refractivity contribution in [2.45, 2.75) is 0 Å². The second kappa shape index (κ2) is 14.3. The molecule has 3 heterocycles. The molecule has 280 valence electrons. The fraction of sp³-hybridized carbons (Fsp3) is 0. The molecule has 3 aromatic heterocycles. The number of aromatic nitrogens is 3. The van der Waals surface area contributed by atoms with E-state index in [1.165, 1.54) is 21.4 Å². The molecule has 7 heteroatoms. The van der Waals surface area contributed by atoms with E-state index in [1.807, 2.05) is 18.3 Å². The van der Waals surface area contributed by atoms with Crippen LogP contribution in [0.2, 0.25) is 0 Å². The molecule has 0 unspecified atom stereocenters. The maximum atomic E-state index is 6.82. The summed E-state index contributed by atoms with van der Waals surface area (Å²) in [5.74, 6) is 0. The molecule has 0 amide bonds. The highest BCUT2D eigenvalue weighted by molar-refractivity contribution is 8.26. The van der Waals surface area contributed by atoms with E-state index in [0.29, 0.717) is 0 Å². The molecule has 0 aliphatic carbocycles. The number of benzene rings is 8. The summed E-state index contributed by atoms with van der Waals surface area (Å²) in [5, 5.41) is 12.6. The van der Waals surface area contributed by atoms with Gasteiger partial charge in [0.1, 0.15) is 5.65 Å². The third kappa shape index (κ3) is 5.76. The first kappa shape index (κ1) is 36.1. The van der Waals surface area contributed by atoms with Crippen LogP contribution in [0, 0.1) is 0 Å². The quantitative estimate of drug-likeness (QED) is 0.118. The van der Waals surface area contributed by atoms with E-state index in [9.17, 15) is 0 Å². The molecule has 11 rings (SSSR count). The lowest BCUT2D eigenvalue weighted by atomic mass is 9.98. The molecular weight excluding hydrogens is 793 g/mol. The van der Waals surface area contributed by atoms with Gasteiger partial charge in [-0.2, -0.15) is 0 Å². The number of rotatable bonds is 7. The average molecular weight is 828 g/mol. The van der Waals surface area contributed by atoms with E-state index in [0.717, 1.165) is 70.8 Å². The summed E-state index contributed by atoms with van der Waals surface area (Å²) in [4.78, 5) is 10.4. The third-order valence-corrected chi connectivity index (χ3v) is 21.5. The number of imidazole rings is 1. The Balaban J connectivity index is 1.10. The Morgan fingerprint density at radius 3 is 1.51 bits per heavy atom. The van der Waals surface area contributed by atoms with E-state index in [-0.39, 0.29) is 0 Å². The Labute approximate surface area is 352 Å². The van der Waals surface area contributed by atoms with Crippen LogP contribution in [-0.4, -0.2) is 14.4 Å². The average Bonchev–Trinajstić information content (AvgIpc) is 3.71. The molecule has 0 fully saturated rings. The van der Waals surface area contributed by atoms with Crippen molar-refractivity contribution >= 4 is 117 Å². The van der Waals surface area contributed by atoms with Gasteiger partial charge in [-0.3, -0.25) is 9.38 Å². The van der Waals surface area contributed by atoms with Crippen LogP contribution in [0.1, 0.15) is 0 Å². The monoisotopic (exact) mass is 827 g/mol. The molecule has 0 saturated carbocycles. The topological polar surface area (TPSA) is 30.2 Å². The van der Waals surface area contributed by atoms with Crippen LogP contribution in [0.15, 0.2) is 212 Å². The Bertz CT molecular complexity index is 3400. The van der Waals surface area contributed by atoms with Crippen molar-refractivity contribution < 1.29 is 0 Å². The highest BCUT2D eigenvalue weighted by Gasteiger charge is 2.27. The molecule has 8 aromatic carbocycles. The SMILES string of the molecule is S=P(c1ccccc1)(c1ccccc1)c1ccc(-c2ccc3c(ccc4c5ccccc5c5nc6ccc(P(=S)(c7ccccc7)c7ccccc7)cc6n5c34)c2)nc1. The molecule has 0 spiro atoms. The molecule has 0 N–H and O–H groups in total. The van der Waals surface area contributed by atoms with Crippen molar-refractivity contribution in [2.24, 2.45) is 0 Å². The first-order chi connectivity index (χ1) is 29.0. The Hall–Kier alpha value is -6.06. The number of fused-ring (bicyclic) bond motifs is 10. The van der Waals surface area contributed by atoms with Crippen molar-refractivity contribution in [3.63, 3.8) is 0 Å². The number of hydrogen-bond donors (Lipinski definition) is 0. The van der Waals surface area contributed by atoms with Crippen LogP contribution in [0.5, 0.6) is 0 Å². The Morgan fingerprint density at radius 2 is 0.932 bits per heavy atom. The van der Waals surface area contributed by atoms with Gasteiger partial charge in [-0.05, 0) is 67.6 Å². The van der Waals surface area contributed by atoms with E-state index in [1.54, 1.807) is 0 Å². The highest BCUT2D eigenvalue weighted by Crippen LogP contribution is 2.45. The predicted molar refractivity (Wildman–Crippen MR) is 261 cm³/mol. The van der Waals surface area contributed by atoms with E-state index in [2.05, 4.69) is 199 Å². The Morgan fingerprint density at radius 1 is 0.407 bits per heavy atom. The minimum Gasteiger partial charge on any atom is -0.291 e. The van der Waals surface area contributed by atoms with Crippen molar-refractivity contribution in [1.29, 1.82) is 0 Å². The smallest absolute Gasteiger partial charge is 0.146 e. The number of hydrogen-bond acceptors (Lipinski definition) is 4. The van der Waals surface area contributed by atoms with Crippen LogP contribution in [0.3, 0.4) is 0 Å². The standard InChI is InChI=1S/C52H35N3P2S2/c58-56(38-15-5-1-6-16-38,39-17-7-2-8-18-39)42-27-32-49-50(34-42)55-51-44-29-26-37(33-36(44)25-30-46(51)45-23-13-14-24-47(45)52(55)54-49)48-31-28-43(35-53-48)57(59,40-19-9-3-10-20-40)41-21-11-4-12-22-41/h1-35H. The molecule has 59 heavy (non-hydrogen) atoms. The highest BCUT2D eigenvalue weighted by atomic mass is 32.4. The largest absolute Gasteiger partial charge is 0.291 e. The molecule has 0 bridgehead atoms. The molecule has 0 aliphatic rings. The number of nitrogens with zero attached hydrogens (tertiary/aromatic N) is 3. The van der Waals surface area contributed by atoms with Crippen LogP contribution < -0.4 is 31.8 Å². The minimum absolute atomic E-state index is 0.910. The lowest BCUT2D eigenvalue weighted by Gasteiger charge is -2.24. The molecule has 11 aromatic rings. The van der Waals surface area contributed by atoms with E-state index >= 15 is 0 Å². The summed E-state index contributed by atoms with van der Waals surface area (Å²) in [6.07, 6.45) is 2.00. The van der Waals surface area contributed by atoms with Crippen molar-refractivity contribution in [2.75, 3.05) is 0 Å². The molecular formula is C52H35N3P2S2. The first-order valence-electron chi connectivity index (χ1n) is 19.6. The van der Waals surface area contributed by atoms with Gasteiger partial charge in [0.2, 0.25) is 0 Å². The summed E-state index contributed by atoms with van der Waals surface area (Å²) in [7, 11) is 0. The van der Waals surface area contributed by atoms with Gasteiger partial charge in [0, 0.05) is 45.3 Å². The molecule has 0 radical (unpaired) electrons. The Kier molecular flexibility index (Phi) is 8.76. The van der Waals surface area contributed by atoms with Gasteiger partial charge in [-0.25, -0.2) is 4.98 Å². The van der Waals surface area contributed by atoms with Gasteiger partial charge < -0.3 is 0 Å². The molecule has 0 saturated heterocycles. The lowest BCUT2D eigenvalue weighted by molar-refractivity contribution is 1.32. The predicted octanol–water partition coefficient (Wildman–Crippen LogP) is 10.5. The summed E-state index contributed by atoms with van der Waals surface area (Å²) in [5.41, 5.74) is 6.03. The van der Waals surface area contributed by atoms with Crippen LogP contribution in [-0.2, 0) is 23.6 Å². The molecule has 3 nitrogen and oxygen atoms in total. The first-order valence-corrected chi connectivity index (χ1v) is 25.2. The van der Waals surface area contributed by atoms with Gasteiger partial charge in [-0.1, -0.05) is 200 Å². The van der Waals surface area contributed by atoms with Crippen LogP contribution in [0.4, 0.5) is 0 Å². The van der Waals surface area contributed by atoms with Gasteiger partial charge >= 0.3 is 0 Å². The number of pyridine rings is 2. The van der Waals surface area contributed by atoms with E-state index in [4.69, 9.17) is 33.6 Å². The van der Waals surface area contributed by atoms with Crippen molar-refractivity contribution in [1.82, 2.24) is 14.4 Å². The second-order valence-corrected chi connectivity index (χ2v) is 23.7. The van der Waals surface area contributed by atoms with Gasteiger partial charge in [0.05, 0.1) is 22.2 Å². The minimum atomic E-state index is -2.40. The lowest BCUT2D eigenvalue weighted by Crippen LogP contribution is -2.25. The fourth-order valence-electron chi connectivity index (χ4n) is 8.70. The van der Waals surface area contributed by atoms with E-state index < -0.39 is 12.1 Å². The fourth-order valence-corrected chi connectivity index (χ4v) is 16.1. The van der Waals surface area contributed by atoms with Gasteiger partial charge in [0.25, 0.3) is 0 Å². The summed E-state index contributed by atoms with van der Waals surface area (Å²) in [6, 6.07) is 68.4.